The van der Waals surface area contributed by atoms with E-state index >= 15 is 0 Å². The molecule has 9 heteroatoms. The maximum atomic E-state index is 13.0. The van der Waals surface area contributed by atoms with Crippen LogP contribution in [0.3, 0.4) is 0 Å². The van der Waals surface area contributed by atoms with Crippen molar-refractivity contribution in [2.24, 2.45) is 0 Å². The molecule has 1 aliphatic heterocycles. The molecule has 0 unspecified atom stereocenters. The Balaban J connectivity index is 1.44. The normalized spacial score (nSPS) is 15.5. The van der Waals surface area contributed by atoms with Gasteiger partial charge < -0.3 is 15.1 Å². The van der Waals surface area contributed by atoms with E-state index in [1.165, 1.54) is 24.3 Å². The van der Waals surface area contributed by atoms with Gasteiger partial charge in [0.2, 0.25) is 0 Å². The molecule has 1 heterocycles. The van der Waals surface area contributed by atoms with Crippen molar-refractivity contribution >= 4 is 21.6 Å². The topological polar surface area (TPSA) is 81.8 Å². The Labute approximate surface area is 183 Å². The Morgan fingerprint density at radius 1 is 0.968 bits per heavy atom. The highest BCUT2D eigenvalue weighted by Crippen LogP contribution is 2.17. The maximum absolute atomic E-state index is 13.0. The lowest BCUT2D eigenvalue weighted by Gasteiger charge is -2.33. The molecule has 2 N–H and O–H groups in total. The van der Waals surface area contributed by atoms with Gasteiger partial charge in [-0.25, -0.2) is 12.8 Å². The lowest BCUT2D eigenvalue weighted by molar-refractivity contribution is 0.0948. The van der Waals surface area contributed by atoms with E-state index < -0.39 is 15.8 Å². The van der Waals surface area contributed by atoms with Crippen LogP contribution in [-0.4, -0.2) is 69.9 Å². The minimum atomic E-state index is -3.82. The van der Waals surface area contributed by atoms with Gasteiger partial charge in [-0.05, 0) is 68.0 Å². The van der Waals surface area contributed by atoms with Gasteiger partial charge in [-0.15, -0.1) is 0 Å². The zero-order chi connectivity index (χ0) is 22.3. The Morgan fingerprint density at radius 3 is 2.19 bits per heavy atom. The number of benzene rings is 2. The molecule has 1 amide bonds. The molecule has 0 aromatic heterocycles. The monoisotopic (exact) mass is 448 g/mol. The lowest BCUT2D eigenvalue weighted by Crippen LogP contribution is -2.46. The highest BCUT2D eigenvalue weighted by Gasteiger charge is 2.16. The van der Waals surface area contributed by atoms with Gasteiger partial charge in [0.25, 0.3) is 15.9 Å². The van der Waals surface area contributed by atoms with Crippen molar-refractivity contribution in [3.63, 3.8) is 0 Å². The number of carbonyl (C=O) groups is 1. The Bertz CT molecular complexity index is 957. The minimum absolute atomic E-state index is 0.0353. The van der Waals surface area contributed by atoms with Crippen molar-refractivity contribution in [2.75, 3.05) is 50.5 Å². The van der Waals surface area contributed by atoms with Crippen molar-refractivity contribution in [1.29, 1.82) is 0 Å². The van der Waals surface area contributed by atoms with Crippen LogP contribution < -0.4 is 10.0 Å². The molecule has 0 radical (unpaired) electrons. The summed E-state index contributed by atoms with van der Waals surface area (Å²) in [5.41, 5.74) is 0.786. The number of hydrogen-bond donors (Lipinski definition) is 2. The van der Waals surface area contributed by atoms with Gasteiger partial charge >= 0.3 is 0 Å². The second-order valence-electron chi connectivity index (χ2n) is 7.52. The molecule has 0 atom stereocenters. The summed E-state index contributed by atoms with van der Waals surface area (Å²) in [6.45, 7) is 9.15. The van der Waals surface area contributed by atoms with Gasteiger partial charge in [0.15, 0.2) is 0 Å². The number of likely N-dealkylation sites (N-methyl/N-ethyl adjacent to an activating group) is 1. The highest BCUT2D eigenvalue weighted by atomic mass is 32.2. The van der Waals surface area contributed by atoms with Crippen LogP contribution in [0.25, 0.3) is 0 Å². The molecule has 0 aliphatic carbocycles. The molecule has 2 aromatic rings. The van der Waals surface area contributed by atoms with E-state index in [1.54, 1.807) is 12.1 Å². The minimum Gasteiger partial charge on any atom is -0.352 e. The van der Waals surface area contributed by atoms with Crippen molar-refractivity contribution < 1.29 is 17.6 Å². The van der Waals surface area contributed by atoms with Crippen molar-refractivity contribution in [2.45, 2.75) is 18.2 Å². The summed E-state index contributed by atoms with van der Waals surface area (Å²) in [6.07, 6.45) is 0.882. The number of nitrogens with zero attached hydrogens (tertiary/aromatic N) is 2. The second kappa shape index (κ2) is 10.7. The van der Waals surface area contributed by atoms with E-state index in [2.05, 4.69) is 26.8 Å². The molecule has 1 fully saturated rings. The fourth-order valence-corrected chi connectivity index (χ4v) is 4.51. The molecule has 1 saturated heterocycles. The molecule has 2 aromatic carbocycles. The fourth-order valence-electron chi connectivity index (χ4n) is 3.45. The number of anilines is 1. The van der Waals surface area contributed by atoms with Crippen molar-refractivity contribution in [3.8, 4) is 0 Å². The third kappa shape index (κ3) is 6.75. The summed E-state index contributed by atoms with van der Waals surface area (Å²) < 4.78 is 40.1. The quantitative estimate of drug-likeness (QED) is 0.576. The summed E-state index contributed by atoms with van der Waals surface area (Å²) >= 11 is 0. The molecular weight excluding hydrogens is 419 g/mol. The number of hydrogen-bond acceptors (Lipinski definition) is 5. The van der Waals surface area contributed by atoms with Gasteiger partial charge in [0, 0.05) is 44.0 Å². The van der Waals surface area contributed by atoms with E-state index in [9.17, 15) is 17.6 Å². The second-order valence-corrected chi connectivity index (χ2v) is 9.20. The number of rotatable bonds is 9. The van der Waals surface area contributed by atoms with E-state index in [-0.39, 0.29) is 10.8 Å². The smallest absolute Gasteiger partial charge is 0.261 e. The number of nitrogens with one attached hydrogen (secondary N) is 2. The third-order valence-corrected chi connectivity index (χ3v) is 6.77. The molecule has 168 valence electrons. The van der Waals surface area contributed by atoms with Gasteiger partial charge in [-0.2, -0.15) is 0 Å². The number of sulfonamides is 1. The first-order valence-corrected chi connectivity index (χ1v) is 12.0. The Hall–Kier alpha value is -2.49. The summed E-state index contributed by atoms with van der Waals surface area (Å²) in [7, 11) is -3.82. The summed E-state index contributed by atoms with van der Waals surface area (Å²) in [5.74, 6) is -0.697. The molecule has 0 spiro atoms. The zero-order valence-corrected chi connectivity index (χ0v) is 18.5. The molecule has 3 rings (SSSR count). The number of piperazine rings is 1. The van der Waals surface area contributed by atoms with Crippen LogP contribution in [0.2, 0.25) is 0 Å². The van der Waals surface area contributed by atoms with Gasteiger partial charge in [-0.3, -0.25) is 9.52 Å². The van der Waals surface area contributed by atoms with E-state index in [1.807, 2.05) is 0 Å². The van der Waals surface area contributed by atoms with Crippen LogP contribution in [0, 0.1) is 5.82 Å². The fraction of sp³-hybridized carbons (Fsp3) is 0.409. The maximum Gasteiger partial charge on any atom is 0.261 e. The van der Waals surface area contributed by atoms with Crippen LogP contribution in [0.4, 0.5) is 10.1 Å². The Morgan fingerprint density at radius 2 is 1.58 bits per heavy atom. The predicted octanol–water partition coefficient (Wildman–Crippen LogP) is 2.38. The summed E-state index contributed by atoms with van der Waals surface area (Å²) in [6, 6.07) is 10.8. The Kier molecular flexibility index (Phi) is 8.00. The van der Waals surface area contributed by atoms with Crippen LogP contribution in [0.15, 0.2) is 53.4 Å². The van der Waals surface area contributed by atoms with Gasteiger partial charge in [-0.1, -0.05) is 6.92 Å². The largest absolute Gasteiger partial charge is 0.352 e. The van der Waals surface area contributed by atoms with E-state index in [4.69, 9.17) is 0 Å². The first-order valence-electron chi connectivity index (χ1n) is 10.5. The molecule has 0 saturated carbocycles. The summed E-state index contributed by atoms with van der Waals surface area (Å²) in [5, 5.41) is 2.91. The standard InChI is InChI=1S/C22H29FN4O3S/c1-2-26-14-16-27(17-15-26)13-3-12-24-22(28)18-4-8-20(9-5-18)25-31(29,30)21-10-6-19(23)7-11-21/h4-11,25H,2-3,12-17H2,1H3,(H,24,28). The average Bonchev–Trinajstić information content (AvgIpc) is 2.77. The van der Waals surface area contributed by atoms with Crippen LogP contribution in [-0.2, 0) is 10.0 Å². The third-order valence-electron chi connectivity index (χ3n) is 5.37. The average molecular weight is 449 g/mol. The van der Waals surface area contributed by atoms with Crippen LogP contribution in [0.5, 0.6) is 0 Å². The van der Waals surface area contributed by atoms with Crippen molar-refractivity contribution in [3.05, 3.63) is 59.9 Å². The molecule has 1 aliphatic rings. The molecular formula is C22H29FN4O3S. The van der Waals surface area contributed by atoms with Crippen molar-refractivity contribution in [1.82, 2.24) is 15.1 Å². The lowest BCUT2D eigenvalue weighted by atomic mass is 10.2. The van der Waals surface area contributed by atoms with E-state index in [0.717, 1.165) is 57.8 Å². The van der Waals surface area contributed by atoms with Gasteiger partial charge in [0.1, 0.15) is 5.82 Å². The molecule has 0 bridgehead atoms. The number of carbonyl (C=O) groups excluding carboxylic acids is 1. The SMILES string of the molecule is CCN1CCN(CCCNC(=O)c2ccc(NS(=O)(=O)c3ccc(F)cc3)cc2)CC1. The summed E-state index contributed by atoms with van der Waals surface area (Å²) in [4.78, 5) is 17.1. The first kappa shape index (κ1) is 23.2. The predicted molar refractivity (Wildman–Crippen MR) is 119 cm³/mol. The zero-order valence-electron chi connectivity index (χ0n) is 17.7. The number of halogens is 1. The first-order chi connectivity index (χ1) is 14.9. The molecule has 31 heavy (non-hydrogen) atoms. The number of amides is 1. The van der Waals surface area contributed by atoms with Gasteiger partial charge in [0.05, 0.1) is 4.90 Å². The van der Waals surface area contributed by atoms with E-state index in [0.29, 0.717) is 17.8 Å². The van der Waals surface area contributed by atoms with Crippen LogP contribution in [0.1, 0.15) is 23.7 Å². The van der Waals surface area contributed by atoms with Crippen LogP contribution >= 0.6 is 0 Å². The molecule has 7 nitrogen and oxygen atoms in total. The highest BCUT2D eigenvalue weighted by molar-refractivity contribution is 7.92.